The Morgan fingerprint density at radius 2 is 2.00 bits per heavy atom. The molecule has 1 spiro atoms. The number of rotatable bonds is 0. The lowest BCUT2D eigenvalue weighted by Crippen LogP contribution is -2.49. The first-order valence-corrected chi connectivity index (χ1v) is 9.87. The third-order valence-electron chi connectivity index (χ3n) is 5.26. The molecule has 0 unspecified atom stereocenters. The third kappa shape index (κ3) is 3.08. The number of pyridine rings is 1. The summed E-state index contributed by atoms with van der Waals surface area (Å²) in [6.45, 7) is 6.54. The van der Waals surface area contributed by atoms with Crippen LogP contribution in [-0.4, -0.2) is 40.6 Å². The standard InChI is InChI=1S/C20H22BrN3O3/c1-19(2,3)27-18(26)24-8-6-20(7-9-24)16-13-10-12(21)4-5-14(13)22-11-15(16)23-17(20)25/h4-5,10-11H,6-9H2,1-3H3,(H,23,25). The molecule has 1 saturated heterocycles. The van der Waals surface area contributed by atoms with E-state index >= 15 is 0 Å². The van der Waals surface area contributed by atoms with Crippen molar-refractivity contribution in [1.82, 2.24) is 9.88 Å². The smallest absolute Gasteiger partial charge is 0.410 e. The Bertz CT molecular complexity index is 943. The first-order valence-electron chi connectivity index (χ1n) is 9.08. The quantitative estimate of drug-likeness (QED) is 0.677. The molecule has 0 radical (unpaired) electrons. The van der Waals surface area contributed by atoms with Gasteiger partial charge in [-0.15, -0.1) is 0 Å². The molecule has 7 heteroatoms. The van der Waals surface area contributed by atoms with Gasteiger partial charge in [0.25, 0.3) is 0 Å². The van der Waals surface area contributed by atoms with Crippen molar-refractivity contribution in [2.24, 2.45) is 0 Å². The SMILES string of the molecule is CC(C)(C)OC(=O)N1CCC2(CC1)C(=O)Nc1cnc3ccc(Br)cc3c12. The zero-order valence-electron chi connectivity index (χ0n) is 15.6. The molecule has 27 heavy (non-hydrogen) atoms. The summed E-state index contributed by atoms with van der Waals surface area (Å²) in [5, 5.41) is 3.98. The van der Waals surface area contributed by atoms with Gasteiger partial charge in [-0.2, -0.15) is 0 Å². The first-order chi connectivity index (χ1) is 12.7. The maximum Gasteiger partial charge on any atom is 0.410 e. The van der Waals surface area contributed by atoms with Crippen molar-refractivity contribution in [3.8, 4) is 0 Å². The number of benzene rings is 1. The number of hydrogen-bond acceptors (Lipinski definition) is 4. The molecule has 0 bridgehead atoms. The molecule has 0 atom stereocenters. The zero-order valence-corrected chi connectivity index (χ0v) is 17.2. The fourth-order valence-electron chi connectivity index (χ4n) is 4.01. The van der Waals surface area contributed by atoms with Crippen LogP contribution in [0.25, 0.3) is 10.9 Å². The number of nitrogens with one attached hydrogen (secondary N) is 1. The largest absolute Gasteiger partial charge is 0.444 e. The van der Waals surface area contributed by atoms with Gasteiger partial charge in [-0.05, 0) is 51.8 Å². The minimum absolute atomic E-state index is 0.00406. The van der Waals surface area contributed by atoms with Crippen LogP contribution in [0, 0.1) is 0 Å². The fraction of sp³-hybridized carbons (Fsp3) is 0.450. The minimum Gasteiger partial charge on any atom is -0.444 e. The topological polar surface area (TPSA) is 71.5 Å². The molecule has 4 rings (SSSR count). The fourth-order valence-corrected chi connectivity index (χ4v) is 4.37. The third-order valence-corrected chi connectivity index (χ3v) is 5.75. The average Bonchev–Trinajstić information content (AvgIpc) is 2.86. The van der Waals surface area contributed by atoms with Gasteiger partial charge >= 0.3 is 6.09 Å². The number of carbonyl (C=O) groups is 2. The van der Waals surface area contributed by atoms with Crippen LogP contribution < -0.4 is 5.32 Å². The highest BCUT2D eigenvalue weighted by atomic mass is 79.9. The number of aromatic nitrogens is 1. The van der Waals surface area contributed by atoms with E-state index in [4.69, 9.17) is 4.74 Å². The Balaban J connectivity index is 1.68. The monoisotopic (exact) mass is 431 g/mol. The number of amides is 2. The van der Waals surface area contributed by atoms with Crippen LogP contribution in [-0.2, 0) is 14.9 Å². The van der Waals surface area contributed by atoms with E-state index in [2.05, 4.69) is 26.2 Å². The van der Waals surface area contributed by atoms with E-state index in [1.54, 1.807) is 11.1 Å². The van der Waals surface area contributed by atoms with Crippen molar-refractivity contribution in [3.05, 3.63) is 34.4 Å². The molecule has 1 N–H and O–H groups in total. The van der Waals surface area contributed by atoms with Crippen molar-refractivity contribution in [2.75, 3.05) is 18.4 Å². The minimum atomic E-state index is -0.629. The molecular formula is C20H22BrN3O3. The number of ether oxygens (including phenoxy) is 1. The Kier molecular flexibility index (Phi) is 4.18. The Morgan fingerprint density at radius 1 is 1.30 bits per heavy atom. The summed E-state index contributed by atoms with van der Waals surface area (Å²) in [4.78, 5) is 31.5. The van der Waals surface area contributed by atoms with Crippen LogP contribution in [0.3, 0.4) is 0 Å². The van der Waals surface area contributed by atoms with E-state index in [0.29, 0.717) is 25.9 Å². The number of hydrogen-bond donors (Lipinski definition) is 1. The van der Waals surface area contributed by atoms with Gasteiger partial charge in [-0.25, -0.2) is 4.79 Å². The van der Waals surface area contributed by atoms with E-state index in [1.165, 1.54) is 0 Å². The number of anilines is 1. The van der Waals surface area contributed by atoms with Crippen molar-refractivity contribution in [1.29, 1.82) is 0 Å². The van der Waals surface area contributed by atoms with Crippen molar-refractivity contribution in [3.63, 3.8) is 0 Å². The molecule has 142 valence electrons. The molecule has 0 saturated carbocycles. The van der Waals surface area contributed by atoms with Crippen LogP contribution in [0.5, 0.6) is 0 Å². The number of halogens is 1. The Hall–Kier alpha value is -2.15. The summed E-state index contributed by atoms with van der Waals surface area (Å²) in [5.41, 5.74) is 1.48. The van der Waals surface area contributed by atoms with Crippen molar-refractivity contribution in [2.45, 2.75) is 44.6 Å². The second-order valence-electron chi connectivity index (χ2n) is 8.21. The van der Waals surface area contributed by atoms with Crippen LogP contribution >= 0.6 is 15.9 Å². The van der Waals surface area contributed by atoms with Crippen LogP contribution in [0.4, 0.5) is 10.5 Å². The number of fused-ring (bicyclic) bond motifs is 4. The summed E-state index contributed by atoms with van der Waals surface area (Å²) >= 11 is 3.52. The second-order valence-corrected chi connectivity index (χ2v) is 9.13. The summed E-state index contributed by atoms with van der Waals surface area (Å²) in [5.74, 6) is -0.00406. The molecule has 2 aliphatic heterocycles. The van der Waals surface area contributed by atoms with Crippen LogP contribution in [0.15, 0.2) is 28.9 Å². The van der Waals surface area contributed by atoms with E-state index in [1.807, 2.05) is 39.0 Å². The molecule has 1 fully saturated rings. The lowest BCUT2D eigenvalue weighted by atomic mass is 9.72. The van der Waals surface area contributed by atoms with Gasteiger partial charge in [0.05, 0.1) is 22.8 Å². The first kappa shape index (κ1) is 18.2. The van der Waals surface area contributed by atoms with Gasteiger partial charge in [0, 0.05) is 28.5 Å². The van der Waals surface area contributed by atoms with E-state index in [0.717, 1.165) is 26.6 Å². The highest BCUT2D eigenvalue weighted by molar-refractivity contribution is 9.10. The maximum absolute atomic E-state index is 13.0. The predicted molar refractivity (Wildman–Crippen MR) is 107 cm³/mol. The number of carbonyl (C=O) groups excluding carboxylic acids is 2. The molecule has 2 amide bonds. The molecule has 2 aliphatic rings. The highest BCUT2D eigenvalue weighted by Gasteiger charge is 2.50. The van der Waals surface area contributed by atoms with Gasteiger partial charge < -0.3 is 15.0 Å². The van der Waals surface area contributed by atoms with Gasteiger partial charge in [0.1, 0.15) is 5.60 Å². The summed E-state index contributed by atoms with van der Waals surface area (Å²) < 4.78 is 6.43. The van der Waals surface area contributed by atoms with Crippen molar-refractivity contribution >= 4 is 44.5 Å². The average molecular weight is 432 g/mol. The molecule has 1 aromatic heterocycles. The second kappa shape index (κ2) is 6.19. The summed E-state index contributed by atoms with van der Waals surface area (Å²) in [7, 11) is 0. The molecule has 1 aromatic carbocycles. The van der Waals surface area contributed by atoms with Gasteiger partial charge in [-0.1, -0.05) is 15.9 Å². The van der Waals surface area contributed by atoms with Crippen LogP contribution in [0.1, 0.15) is 39.2 Å². The molecule has 3 heterocycles. The lowest BCUT2D eigenvalue weighted by molar-refractivity contribution is -0.122. The van der Waals surface area contributed by atoms with E-state index < -0.39 is 11.0 Å². The molecular weight excluding hydrogens is 410 g/mol. The van der Waals surface area contributed by atoms with E-state index in [9.17, 15) is 9.59 Å². The Morgan fingerprint density at radius 3 is 2.67 bits per heavy atom. The molecule has 2 aromatic rings. The highest BCUT2D eigenvalue weighted by Crippen LogP contribution is 2.48. The predicted octanol–water partition coefficient (Wildman–Crippen LogP) is 4.22. The van der Waals surface area contributed by atoms with Gasteiger partial charge in [-0.3, -0.25) is 9.78 Å². The van der Waals surface area contributed by atoms with Gasteiger partial charge in [0.15, 0.2) is 0 Å². The van der Waals surface area contributed by atoms with E-state index in [-0.39, 0.29) is 12.0 Å². The molecule has 0 aliphatic carbocycles. The summed E-state index contributed by atoms with van der Waals surface area (Å²) in [6, 6.07) is 5.92. The number of likely N-dealkylation sites (tertiary alicyclic amines) is 1. The number of piperidine rings is 1. The normalized spacial score (nSPS) is 18.5. The molecule has 6 nitrogen and oxygen atoms in total. The van der Waals surface area contributed by atoms with Gasteiger partial charge in [0.2, 0.25) is 5.91 Å². The lowest BCUT2D eigenvalue weighted by Gasteiger charge is -2.38. The van der Waals surface area contributed by atoms with Crippen LogP contribution in [0.2, 0.25) is 0 Å². The Labute approximate surface area is 166 Å². The van der Waals surface area contributed by atoms with Crippen molar-refractivity contribution < 1.29 is 14.3 Å². The maximum atomic E-state index is 13.0. The number of nitrogens with zero attached hydrogens (tertiary/aromatic N) is 2. The zero-order chi connectivity index (χ0) is 19.4. The summed E-state index contributed by atoms with van der Waals surface area (Å²) in [6.07, 6.45) is 2.55.